The fraction of sp³-hybridized carbons (Fsp3) is 0.250. The van der Waals surface area contributed by atoms with Crippen LogP contribution in [0.25, 0.3) is 11.1 Å². The fourth-order valence-electron chi connectivity index (χ4n) is 2.08. The second kappa shape index (κ2) is 5.67. The van der Waals surface area contributed by atoms with E-state index in [4.69, 9.17) is 0 Å². The molecule has 1 unspecified atom stereocenters. The van der Waals surface area contributed by atoms with Gasteiger partial charge < -0.3 is 0 Å². The molecule has 0 bridgehead atoms. The lowest BCUT2D eigenvalue weighted by atomic mass is 9.90. The van der Waals surface area contributed by atoms with Gasteiger partial charge in [0.25, 0.3) is 0 Å². The van der Waals surface area contributed by atoms with Gasteiger partial charge in [0.05, 0.1) is 0 Å². The van der Waals surface area contributed by atoms with E-state index in [0.29, 0.717) is 5.92 Å². The first-order chi connectivity index (χ1) is 8.24. The van der Waals surface area contributed by atoms with Crippen LogP contribution in [-0.2, 0) is 0 Å². The summed E-state index contributed by atoms with van der Waals surface area (Å²) in [4.78, 5) is 0. The van der Waals surface area contributed by atoms with Crippen molar-refractivity contribution in [1.29, 1.82) is 0 Å². The summed E-state index contributed by atoms with van der Waals surface area (Å²) in [5.41, 5.74) is 4.20. The van der Waals surface area contributed by atoms with Crippen LogP contribution in [0.1, 0.15) is 31.7 Å². The van der Waals surface area contributed by atoms with Gasteiger partial charge in [-0.1, -0.05) is 56.3 Å². The van der Waals surface area contributed by atoms with Crippen molar-refractivity contribution < 1.29 is 0 Å². The lowest BCUT2D eigenvalue weighted by Crippen LogP contribution is -1.97. The van der Waals surface area contributed by atoms with Gasteiger partial charge in [-0.15, -0.1) is 0 Å². The summed E-state index contributed by atoms with van der Waals surface area (Å²) in [6.07, 6.45) is 1.18. The Kier molecular flexibility index (Phi) is 4.21. The van der Waals surface area contributed by atoms with E-state index >= 15 is 0 Å². The van der Waals surface area contributed by atoms with Crippen molar-refractivity contribution in [2.75, 3.05) is 0 Å². The largest absolute Gasteiger partial charge is 0.0648 e. The van der Waals surface area contributed by atoms with Gasteiger partial charge >= 0.3 is 0 Å². The zero-order valence-electron chi connectivity index (χ0n) is 10.3. The molecule has 0 aliphatic rings. The van der Waals surface area contributed by atoms with Crippen LogP contribution in [0.4, 0.5) is 0 Å². The first kappa shape index (κ1) is 12.6. The minimum absolute atomic E-state index is 0.611. The predicted molar refractivity (Wildman–Crippen MR) is 83.3 cm³/mol. The molecule has 0 saturated heterocycles. The number of hydrogen-bond donors (Lipinski definition) is 0. The second-order valence-corrected chi connectivity index (χ2v) is 5.54. The van der Waals surface area contributed by atoms with Gasteiger partial charge in [0, 0.05) is 3.57 Å². The molecule has 1 heteroatoms. The Bertz CT molecular complexity index is 488. The van der Waals surface area contributed by atoms with E-state index < -0.39 is 0 Å². The number of hydrogen-bond acceptors (Lipinski definition) is 0. The van der Waals surface area contributed by atoms with Crippen LogP contribution >= 0.6 is 22.6 Å². The first-order valence-electron chi connectivity index (χ1n) is 6.08. The zero-order valence-corrected chi connectivity index (χ0v) is 12.4. The third kappa shape index (κ3) is 2.71. The average molecular weight is 336 g/mol. The monoisotopic (exact) mass is 336 g/mol. The standard InChI is InChI=1S/C16H17I/c1-3-12(2)14-10-7-11-15(17)16(14)13-8-5-4-6-9-13/h4-12H,3H2,1-2H3. The maximum Gasteiger partial charge on any atom is 0.0211 e. The van der Waals surface area contributed by atoms with Crippen LogP contribution < -0.4 is 0 Å². The van der Waals surface area contributed by atoms with Gasteiger partial charge in [-0.2, -0.15) is 0 Å². The third-order valence-corrected chi connectivity index (χ3v) is 4.15. The first-order valence-corrected chi connectivity index (χ1v) is 7.15. The van der Waals surface area contributed by atoms with Gasteiger partial charge in [-0.25, -0.2) is 0 Å². The quantitative estimate of drug-likeness (QED) is 0.652. The van der Waals surface area contributed by atoms with Crippen molar-refractivity contribution in [3.05, 3.63) is 57.7 Å². The van der Waals surface area contributed by atoms with Crippen LogP contribution in [0, 0.1) is 3.57 Å². The van der Waals surface area contributed by atoms with E-state index in [1.54, 1.807) is 0 Å². The molecule has 0 saturated carbocycles. The summed E-state index contributed by atoms with van der Waals surface area (Å²) >= 11 is 2.44. The molecule has 0 fully saturated rings. The molecular weight excluding hydrogens is 319 g/mol. The number of halogens is 1. The van der Waals surface area contributed by atoms with Crippen LogP contribution in [-0.4, -0.2) is 0 Å². The summed E-state index contributed by atoms with van der Waals surface area (Å²) in [6.45, 7) is 4.55. The smallest absolute Gasteiger partial charge is 0.0211 e. The van der Waals surface area contributed by atoms with Crippen molar-refractivity contribution in [3.63, 3.8) is 0 Å². The molecule has 2 aromatic carbocycles. The lowest BCUT2D eigenvalue weighted by Gasteiger charge is -2.16. The number of benzene rings is 2. The maximum absolute atomic E-state index is 2.44. The molecule has 0 aliphatic carbocycles. The summed E-state index contributed by atoms with van der Waals surface area (Å²) in [5.74, 6) is 0.611. The van der Waals surface area contributed by atoms with Gasteiger partial charge in [-0.3, -0.25) is 0 Å². The molecule has 0 amide bonds. The molecule has 0 radical (unpaired) electrons. The van der Waals surface area contributed by atoms with Gasteiger partial charge in [0.2, 0.25) is 0 Å². The third-order valence-electron chi connectivity index (χ3n) is 3.25. The Balaban J connectivity index is 2.59. The zero-order chi connectivity index (χ0) is 12.3. The van der Waals surface area contributed by atoms with E-state index in [1.807, 2.05) is 0 Å². The van der Waals surface area contributed by atoms with Crippen molar-refractivity contribution in [2.24, 2.45) is 0 Å². The van der Waals surface area contributed by atoms with Crippen LogP contribution in [0.5, 0.6) is 0 Å². The van der Waals surface area contributed by atoms with E-state index in [2.05, 4.69) is 85.0 Å². The summed E-state index contributed by atoms with van der Waals surface area (Å²) < 4.78 is 1.34. The van der Waals surface area contributed by atoms with Crippen molar-refractivity contribution in [2.45, 2.75) is 26.2 Å². The van der Waals surface area contributed by atoms with E-state index in [9.17, 15) is 0 Å². The summed E-state index contributed by atoms with van der Waals surface area (Å²) in [5, 5.41) is 0. The SMILES string of the molecule is CCC(C)c1cccc(I)c1-c1ccccc1. The van der Waals surface area contributed by atoms with E-state index in [1.165, 1.54) is 26.7 Å². The normalized spacial score (nSPS) is 12.4. The van der Waals surface area contributed by atoms with Crippen molar-refractivity contribution in [3.8, 4) is 11.1 Å². The Morgan fingerprint density at radius 3 is 2.35 bits per heavy atom. The van der Waals surface area contributed by atoms with Crippen LogP contribution in [0.3, 0.4) is 0 Å². The highest BCUT2D eigenvalue weighted by molar-refractivity contribution is 14.1. The van der Waals surface area contributed by atoms with Gasteiger partial charge in [-0.05, 0) is 57.7 Å². The Hall–Kier alpha value is -0.830. The lowest BCUT2D eigenvalue weighted by molar-refractivity contribution is 0.735. The van der Waals surface area contributed by atoms with E-state index in [0.717, 1.165) is 0 Å². The highest BCUT2D eigenvalue weighted by atomic mass is 127. The molecular formula is C16H17I. The molecule has 0 heterocycles. The Labute approximate surface area is 117 Å². The number of rotatable bonds is 3. The van der Waals surface area contributed by atoms with E-state index in [-0.39, 0.29) is 0 Å². The van der Waals surface area contributed by atoms with Crippen molar-refractivity contribution >= 4 is 22.6 Å². The molecule has 0 nitrogen and oxygen atoms in total. The summed E-state index contributed by atoms with van der Waals surface area (Å²) in [7, 11) is 0. The second-order valence-electron chi connectivity index (χ2n) is 4.38. The Morgan fingerprint density at radius 1 is 1.00 bits per heavy atom. The molecule has 1 atom stereocenters. The summed E-state index contributed by atoms with van der Waals surface area (Å²) in [6, 6.07) is 17.3. The molecule has 0 aromatic heterocycles. The van der Waals surface area contributed by atoms with Crippen molar-refractivity contribution in [1.82, 2.24) is 0 Å². The molecule has 2 rings (SSSR count). The molecule has 0 spiro atoms. The van der Waals surface area contributed by atoms with Crippen LogP contribution in [0.15, 0.2) is 48.5 Å². The van der Waals surface area contributed by atoms with Gasteiger partial charge in [0.1, 0.15) is 0 Å². The van der Waals surface area contributed by atoms with Gasteiger partial charge in [0.15, 0.2) is 0 Å². The van der Waals surface area contributed by atoms with Crippen LogP contribution in [0.2, 0.25) is 0 Å². The average Bonchev–Trinajstić information content (AvgIpc) is 2.38. The maximum atomic E-state index is 2.44. The molecule has 88 valence electrons. The minimum Gasteiger partial charge on any atom is -0.0648 e. The highest BCUT2D eigenvalue weighted by Gasteiger charge is 2.12. The Morgan fingerprint density at radius 2 is 1.71 bits per heavy atom. The molecule has 0 N–H and O–H groups in total. The molecule has 17 heavy (non-hydrogen) atoms. The minimum atomic E-state index is 0.611. The predicted octanol–water partition coefficient (Wildman–Crippen LogP) is 5.47. The molecule has 2 aromatic rings. The fourth-order valence-corrected chi connectivity index (χ4v) is 2.91. The topological polar surface area (TPSA) is 0 Å². The highest BCUT2D eigenvalue weighted by Crippen LogP contribution is 2.34. The molecule has 0 aliphatic heterocycles.